The Morgan fingerprint density at radius 3 is 2.13 bits per heavy atom. The Morgan fingerprint density at radius 2 is 1.49 bits per heavy atom. The topological polar surface area (TPSA) is 91.4 Å². The van der Waals surface area contributed by atoms with Crippen LogP contribution in [0, 0.1) is 0 Å². The van der Waals surface area contributed by atoms with Gasteiger partial charge in [0.15, 0.2) is 5.78 Å². The van der Waals surface area contributed by atoms with Gasteiger partial charge in [0.2, 0.25) is 0 Å². The van der Waals surface area contributed by atoms with Crippen LogP contribution in [0.4, 0.5) is 11.4 Å². The number of hydrogen-bond acceptors (Lipinski definition) is 5. The lowest BCUT2D eigenvalue weighted by Crippen LogP contribution is -2.30. The van der Waals surface area contributed by atoms with E-state index in [2.05, 4.69) is 15.6 Å². The number of anilines is 2. The quantitative estimate of drug-likeness (QED) is 0.228. The van der Waals surface area contributed by atoms with Gasteiger partial charge in [-0.05, 0) is 77.9 Å². The van der Waals surface area contributed by atoms with Crippen molar-refractivity contribution >= 4 is 41.1 Å². The molecule has 0 atom stereocenters. The summed E-state index contributed by atoms with van der Waals surface area (Å²) in [4.78, 5) is 44.6. The van der Waals surface area contributed by atoms with Gasteiger partial charge in [-0.25, -0.2) is 0 Å². The van der Waals surface area contributed by atoms with Crippen LogP contribution in [0.15, 0.2) is 115 Å². The molecule has 0 fully saturated rings. The van der Waals surface area contributed by atoms with E-state index in [1.165, 1.54) is 6.08 Å². The molecule has 0 radical (unpaired) electrons. The van der Waals surface area contributed by atoms with Crippen LogP contribution >= 0.6 is 0 Å². The van der Waals surface area contributed by atoms with E-state index in [-0.39, 0.29) is 11.5 Å². The molecule has 2 N–H and O–H groups in total. The second-order valence-corrected chi connectivity index (χ2v) is 8.88. The zero-order valence-corrected chi connectivity index (χ0v) is 21.7. The zero-order chi connectivity index (χ0) is 27.6. The molecule has 4 aromatic rings. The fourth-order valence-electron chi connectivity index (χ4n) is 3.64. The second-order valence-electron chi connectivity index (χ2n) is 8.88. The van der Waals surface area contributed by atoms with Gasteiger partial charge in [-0.2, -0.15) is 0 Å². The molecule has 0 saturated carbocycles. The number of rotatable bonds is 9. The van der Waals surface area contributed by atoms with Gasteiger partial charge in [0, 0.05) is 49.0 Å². The molecule has 0 aliphatic heterocycles. The first kappa shape index (κ1) is 26.8. The molecule has 7 nitrogen and oxygen atoms in total. The summed E-state index contributed by atoms with van der Waals surface area (Å²) in [6.45, 7) is 0. The highest BCUT2D eigenvalue weighted by molar-refractivity contribution is 6.11. The maximum atomic E-state index is 13.1. The predicted octanol–water partition coefficient (Wildman–Crippen LogP) is 5.45. The molecule has 0 unspecified atom stereocenters. The fourth-order valence-corrected chi connectivity index (χ4v) is 3.64. The SMILES string of the molecule is CN(C)c1ccc(/C=C/C(=O)c2ccc(NC(=O)/C(=C/c3cccnc3)NC(=O)c3ccccc3)cc2)cc1. The van der Waals surface area contributed by atoms with Crippen LogP contribution in [0.2, 0.25) is 0 Å². The molecule has 0 bridgehead atoms. The number of nitrogens with zero attached hydrogens (tertiary/aromatic N) is 2. The summed E-state index contributed by atoms with van der Waals surface area (Å²) in [6.07, 6.45) is 8.05. The van der Waals surface area contributed by atoms with Gasteiger partial charge < -0.3 is 15.5 Å². The van der Waals surface area contributed by atoms with Crippen LogP contribution in [0.5, 0.6) is 0 Å². The number of ketones is 1. The number of amides is 2. The van der Waals surface area contributed by atoms with Crippen molar-refractivity contribution in [3.8, 4) is 0 Å². The number of nitrogens with one attached hydrogen (secondary N) is 2. The van der Waals surface area contributed by atoms with Crippen molar-refractivity contribution in [2.24, 2.45) is 0 Å². The monoisotopic (exact) mass is 516 g/mol. The van der Waals surface area contributed by atoms with Crippen molar-refractivity contribution in [2.45, 2.75) is 0 Å². The van der Waals surface area contributed by atoms with E-state index < -0.39 is 11.8 Å². The Labute approximate surface area is 227 Å². The zero-order valence-electron chi connectivity index (χ0n) is 21.7. The lowest BCUT2D eigenvalue weighted by molar-refractivity contribution is -0.113. The average Bonchev–Trinajstić information content (AvgIpc) is 2.97. The highest BCUT2D eigenvalue weighted by Crippen LogP contribution is 2.16. The molecular formula is C32H28N4O3. The summed E-state index contributed by atoms with van der Waals surface area (Å²) in [5.41, 5.74) is 4.09. The third kappa shape index (κ3) is 7.60. The van der Waals surface area contributed by atoms with Crippen LogP contribution in [-0.4, -0.2) is 36.7 Å². The third-order valence-corrected chi connectivity index (χ3v) is 5.79. The molecule has 1 heterocycles. The van der Waals surface area contributed by atoms with E-state index in [1.807, 2.05) is 49.3 Å². The van der Waals surface area contributed by atoms with Crippen LogP contribution < -0.4 is 15.5 Å². The summed E-state index contributed by atoms with van der Waals surface area (Å²) < 4.78 is 0. The minimum atomic E-state index is -0.511. The Morgan fingerprint density at radius 1 is 0.769 bits per heavy atom. The standard InChI is InChI=1S/C32H28N4O3/c1-36(2)28-17-10-23(11-18-28)12-19-30(37)25-13-15-27(16-14-25)34-32(39)29(21-24-7-6-20-33-22-24)35-31(38)26-8-4-3-5-9-26/h3-22H,1-2H3,(H,34,39)(H,35,38)/b19-12+,29-21-. The first-order chi connectivity index (χ1) is 18.9. The first-order valence-corrected chi connectivity index (χ1v) is 12.3. The van der Waals surface area contributed by atoms with Crippen molar-refractivity contribution in [1.29, 1.82) is 0 Å². The molecule has 3 aromatic carbocycles. The molecular weight excluding hydrogens is 488 g/mol. The summed E-state index contributed by atoms with van der Waals surface area (Å²) in [6, 6.07) is 26.6. The summed E-state index contributed by atoms with van der Waals surface area (Å²) in [5.74, 6) is -1.08. The number of benzene rings is 3. The number of allylic oxidation sites excluding steroid dienone is 1. The van der Waals surface area contributed by atoms with Crippen LogP contribution in [0.1, 0.15) is 31.8 Å². The van der Waals surface area contributed by atoms with Gasteiger partial charge in [-0.1, -0.05) is 42.5 Å². The Bertz CT molecular complexity index is 1490. The molecule has 0 aliphatic rings. The lowest BCUT2D eigenvalue weighted by atomic mass is 10.1. The summed E-state index contributed by atoms with van der Waals surface area (Å²) in [7, 11) is 3.94. The van der Waals surface area contributed by atoms with Crippen molar-refractivity contribution < 1.29 is 14.4 Å². The van der Waals surface area contributed by atoms with Crippen LogP contribution in [0.25, 0.3) is 12.2 Å². The second kappa shape index (κ2) is 12.8. The Kier molecular flexibility index (Phi) is 8.77. The van der Waals surface area contributed by atoms with E-state index in [0.717, 1.165) is 11.3 Å². The smallest absolute Gasteiger partial charge is 0.272 e. The van der Waals surface area contributed by atoms with Gasteiger partial charge in [0.25, 0.3) is 11.8 Å². The maximum Gasteiger partial charge on any atom is 0.272 e. The van der Waals surface area contributed by atoms with E-state index in [0.29, 0.717) is 22.4 Å². The number of carbonyl (C=O) groups is 3. The largest absolute Gasteiger partial charge is 0.378 e. The Balaban J connectivity index is 1.45. The van der Waals surface area contributed by atoms with E-state index in [1.54, 1.807) is 85.2 Å². The average molecular weight is 517 g/mol. The molecule has 0 aliphatic carbocycles. The van der Waals surface area contributed by atoms with Crippen molar-refractivity contribution in [3.05, 3.63) is 137 Å². The van der Waals surface area contributed by atoms with Crippen molar-refractivity contribution in [1.82, 2.24) is 10.3 Å². The normalized spacial score (nSPS) is 11.2. The third-order valence-electron chi connectivity index (χ3n) is 5.79. The highest BCUT2D eigenvalue weighted by atomic mass is 16.2. The molecule has 1 aromatic heterocycles. The first-order valence-electron chi connectivity index (χ1n) is 12.3. The maximum absolute atomic E-state index is 13.1. The van der Waals surface area contributed by atoms with Crippen LogP contribution in [0.3, 0.4) is 0 Å². The summed E-state index contributed by atoms with van der Waals surface area (Å²) >= 11 is 0. The molecule has 7 heteroatoms. The molecule has 4 rings (SSSR count). The summed E-state index contributed by atoms with van der Waals surface area (Å²) in [5, 5.41) is 5.47. The molecule has 2 amide bonds. The van der Waals surface area contributed by atoms with Gasteiger partial charge in [-0.3, -0.25) is 19.4 Å². The number of hydrogen-bond donors (Lipinski definition) is 2. The van der Waals surface area contributed by atoms with E-state index in [4.69, 9.17) is 0 Å². The van der Waals surface area contributed by atoms with E-state index >= 15 is 0 Å². The van der Waals surface area contributed by atoms with Gasteiger partial charge >= 0.3 is 0 Å². The number of pyridine rings is 1. The fraction of sp³-hybridized carbons (Fsp3) is 0.0625. The minimum absolute atomic E-state index is 0.0558. The number of aromatic nitrogens is 1. The molecule has 39 heavy (non-hydrogen) atoms. The predicted molar refractivity (Wildman–Crippen MR) is 155 cm³/mol. The lowest BCUT2D eigenvalue weighted by Gasteiger charge is -2.12. The molecule has 0 saturated heterocycles. The molecule has 194 valence electrons. The van der Waals surface area contributed by atoms with Gasteiger partial charge in [0.1, 0.15) is 5.70 Å². The van der Waals surface area contributed by atoms with Gasteiger partial charge in [-0.15, -0.1) is 0 Å². The van der Waals surface area contributed by atoms with Crippen molar-refractivity contribution in [2.75, 3.05) is 24.3 Å². The minimum Gasteiger partial charge on any atom is -0.378 e. The number of carbonyl (C=O) groups excluding carboxylic acids is 3. The van der Waals surface area contributed by atoms with Gasteiger partial charge in [0.05, 0.1) is 0 Å². The molecule has 0 spiro atoms. The van der Waals surface area contributed by atoms with E-state index in [9.17, 15) is 14.4 Å². The van der Waals surface area contributed by atoms with Crippen molar-refractivity contribution in [3.63, 3.8) is 0 Å². The Hall–Kier alpha value is -5.30. The van der Waals surface area contributed by atoms with Crippen LogP contribution in [-0.2, 0) is 4.79 Å². The highest BCUT2D eigenvalue weighted by Gasteiger charge is 2.15.